The third-order valence-electron chi connectivity index (χ3n) is 25.2. The lowest BCUT2D eigenvalue weighted by molar-refractivity contribution is 0.436. The van der Waals surface area contributed by atoms with Crippen LogP contribution in [0.5, 0.6) is 23.0 Å². The SMILES string of the molecule is c1ccc(-c2nc(-c3ccccc3)nc(-c3ccc4c(c3)c3ccccc3n4-c3ccc4c(c3)C3(c5ccccc5Oc5ccccc53)c3cc(-c5ccc(-c6nc(-c7ccccc7)nc(-c7ccc8c(c7)c7cc(-c9cccc%10c9-c9ccccc9C%109c%10ccccc%10Oc%10ccccc%109)ccc7n8-c7ccccc7)n6)cc5)ccc3-4)n2)cc1. The Bertz CT molecular complexity index is 7700. The van der Waals surface area contributed by atoms with E-state index in [0.29, 0.717) is 34.9 Å². The van der Waals surface area contributed by atoms with Crippen LogP contribution in [-0.2, 0) is 10.8 Å². The Labute approximate surface area is 690 Å². The number of hydrogen-bond donors (Lipinski definition) is 0. The lowest BCUT2D eigenvalue weighted by Gasteiger charge is -2.39. The molecule has 10 nitrogen and oxygen atoms in total. The highest BCUT2D eigenvalue weighted by Crippen LogP contribution is 2.65. The molecule has 2 aliphatic carbocycles. The molecule has 0 amide bonds. The van der Waals surface area contributed by atoms with Crippen LogP contribution in [0.2, 0.25) is 0 Å². The van der Waals surface area contributed by atoms with Crippen molar-refractivity contribution < 1.29 is 9.47 Å². The molecule has 17 aromatic carbocycles. The van der Waals surface area contributed by atoms with Gasteiger partial charge in [0.2, 0.25) is 0 Å². The van der Waals surface area contributed by atoms with Gasteiger partial charge in [-0.25, -0.2) is 29.9 Å². The normalized spacial score (nSPS) is 13.3. The zero-order valence-corrected chi connectivity index (χ0v) is 64.5. The van der Waals surface area contributed by atoms with Gasteiger partial charge in [0.05, 0.1) is 32.9 Å². The third-order valence-corrected chi connectivity index (χ3v) is 25.2. The number of nitrogens with zero attached hydrogens (tertiary/aromatic N) is 8. The van der Waals surface area contributed by atoms with Gasteiger partial charge in [-0.05, 0) is 176 Å². The molecular formula is C110H66N8O2. The van der Waals surface area contributed by atoms with Crippen molar-refractivity contribution in [1.82, 2.24) is 39.0 Å². The molecule has 25 rings (SSSR count). The number of ether oxygens (including phenoxy) is 2. The minimum Gasteiger partial charge on any atom is -0.457 e. The molecule has 0 radical (unpaired) electrons. The standard InChI is InChI=1S/C110H66N8O2/c1-5-26-68(27-6-1)103-111-104(69-28-7-2-8-29-69)114-107(113-103)74-54-60-95-83(63-74)81-34-14-20-43-94(81)118(95)77-56-58-80-79-57-52-72(65-92(79)110(93(80)66-77)89-40-18-23-46-100(89)120-101-47-24-19-41-90(101)110)67-48-50-71(51-49-67)106-112-105(70-30-9-3-10-31-70)115-108(116-106)75-55-61-97-85(64-75)84-62-73(53-59-96(84)117(97)76-32-11-4-12-33-76)78-36-25-42-91-102(78)82-35-13-15-37-86(82)109(91)87-38-16-21-44-98(87)119-99-45-22-17-39-88(99)109/h1-66H. The molecule has 0 saturated carbocycles. The van der Waals surface area contributed by atoms with Gasteiger partial charge < -0.3 is 18.6 Å². The Morgan fingerprint density at radius 3 is 1.05 bits per heavy atom. The average Bonchev–Trinajstić information content (AvgIpc) is 1.52. The van der Waals surface area contributed by atoms with Crippen molar-refractivity contribution in [2.75, 3.05) is 0 Å². The first-order valence-electron chi connectivity index (χ1n) is 40.7. The second-order valence-corrected chi connectivity index (χ2v) is 31.5. The fourth-order valence-electron chi connectivity index (χ4n) is 20.0. The van der Waals surface area contributed by atoms with Crippen molar-refractivity contribution in [3.8, 4) is 147 Å². The predicted octanol–water partition coefficient (Wildman–Crippen LogP) is 26.5. The Hall–Kier alpha value is -16.0. The molecule has 0 bridgehead atoms. The summed E-state index contributed by atoms with van der Waals surface area (Å²) in [6, 6.07) is 143. The summed E-state index contributed by atoms with van der Waals surface area (Å²) in [5, 5.41) is 4.41. The zero-order chi connectivity index (χ0) is 78.7. The molecule has 0 saturated heterocycles. The Kier molecular flexibility index (Phi) is 14.7. The Morgan fingerprint density at radius 2 is 0.525 bits per heavy atom. The van der Waals surface area contributed by atoms with Gasteiger partial charge in [-0.1, -0.05) is 291 Å². The number of fused-ring (bicyclic) bond motifs is 24. The van der Waals surface area contributed by atoms with Crippen LogP contribution in [0.1, 0.15) is 44.5 Å². The molecular weight excluding hydrogens is 1470 g/mol. The molecule has 120 heavy (non-hydrogen) atoms. The van der Waals surface area contributed by atoms with Crippen LogP contribution in [0.15, 0.2) is 400 Å². The van der Waals surface area contributed by atoms with Gasteiger partial charge in [-0.3, -0.25) is 0 Å². The van der Waals surface area contributed by atoms with Crippen LogP contribution in [0, 0.1) is 0 Å². The molecule has 2 aliphatic heterocycles. The summed E-state index contributed by atoms with van der Waals surface area (Å²) >= 11 is 0. The van der Waals surface area contributed by atoms with Crippen LogP contribution < -0.4 is 9.47 Å². The number of aromatic nitrogens is 8. The van der Waals surface area contributed by atoms with Crippen molar-refractivity contribution in [2.24, 2.45) is 0 Å². The van der Waals surface area contributed by atoms with E-state index in [-0.39, 0.29) is 0 Å². The maximum Gasteiger partial charge on any atom is 0.164 e. The fraction of sp³-hybridized carbons (Fsp3) is 0.0182. The summed E-state index contributed by atoms with van der Waals surface area (Å²) in [6.07, 6.45) is 0. The van der Waals surface area contributed by atoms with Crippen LogP contribution >= 0.6 is 0 Å². The fourth-order valence-corrected chi connectivity index (χ4v) is 20.0. The predicted molar refractivity (Wildman–Crippen MR) is 480 cm³/mol. The summed E-state index contributed by atoms with van der Waals surface area (Å²) in [7, 11) is 0. The largest absolute Gasteiger partial charge is 0.457 e. The molecule has 10 heteroatoms. The highest BCUT2D eigenvalue weighted by Gasteiger charge is 2.53. The zero-order valence-electron chi connectivity index (χ0n) is 64.5. The highest BCUT2D eigenvalue weighted by molar-refractivity contribution is 6.13. The first-order valence-corrected chi connectivity index (χ1v) is 40.7. The van der Waals surface area contributed by atoms with Gasteiger partial charge >= 0.3 is 0 Å². The number of para-hydroxylation sites is 6. The van der Waals surface area contributed by atoms with E-state index in [1.165, 1.54) is 44.5 Å². The van der Waals surface area contributed by atoms with Crippen LogP contribution in [0.25, 0.3) is 168 Å². The maximum absolute atomic E-state index is 6.95. The second kappa shape index (κ2) is 26.2. The summed E-state index contributed by atoms with van der Waals surface area (Å²) in [5.41, 5.74) is 28.9. The molecule has 0 unspecified atom stereocenters. The van der Waals surface area contributed by atoms with Gasteiger partial charge in [0.25, 0.3) is 0 Å². The van der Waals surface area contributed by atoms with Crippen LogP contribution in [0.3, 0.4) is 0 Å². The topological polar surface area (TPSA) is 106 Å². The van der Waals surface area contributed by atoms with Gasteiger partial charge in [0, 0.05) is 88.6 Å². The molecule has 21 aromatic rings. The van der Waals surface area contributed by atoms with Gasteiger partial charge in [0.1, 0.15) is 23.0 Å². The first-order chi connectivity index (χ1) is 59.5. The smallest absolute Gasteiger partial charge is 0.164 e. The molecule has 0 N–H and O–H groups in total. The highest BCUT2D eigenvalue weighted by atomic mass is 16.5. The van der Waals surface area contributed by atoms with Gasteiger partial charge in [-0.15, -0.1) is 0 Å². The second-order valence-electron chi connectivity index (χ2n) is 31.5. The first kappa shape index (κ1) is 67.3. The summed E-state index contributed by atoms with van der Waals surface area (Å²) in [5.74, 6) is 6.96. The monoisotopic (exact) mass is 1530 g/mol. The maximum atomic E-state index is 6.95. The molecule has 0 fully saturated rings. The summed E-state index contributed by atoms with van der Waals surface area (Å²) in [6.45, 7) is 0. The number of rotatable bonds is 10. The van der Waals surface area contributed by atoms with E-state index in [4.69, 9.17) is 39.4 Å². The Balaban J connectivity index is 0.604. The number of benzene rings is 17. The quantitative estimate of drug-likeness (QED) is 0.133. The van der Waals surface area contributed by atoms with E-state index >= 15 is 0 Å². The molecule has 6 heterocycles. The molecule has 4 aliphatic rings. The van der Waals surface area contributed by atoms with Crippen LogP contribution in [0.4, 0.5) is 0 Å². The molecule has 558 valence electrons. The molecule has 0 atom stereocenters. The van der Waals surface area contributed by atoms with E-state index in [1.807, 2.05) is 78.9 Å². The summed E-state index contributed by atoms with van der Waals surface area (Å²) in [4.78, 5) is 31.5. The van der Waals surface area contributed by atoms with Crippen molar-refractivity contribution in [1.29, 1.82) is 0 Å². The minimum absolute atomic E-state index is 0.571. The molecule has 4 aromatic heterocycles. The molecule has 2 spiro atoms. The van der Waals surface area contributed by atoms with E-state index in [2.05, 4.69) is 331 Å². The van der Waals surface area contributed by atoms with Crippen LogP contribution in [-0.4, -0.2) is 39.0 Å². The van der Waals surface area contributed by atoms with Crippen molar-refractivity contribution >= 4 is 43.6 Å². The van der Waals surface area contributed by atoms with Crippen molar-refractivity contribution in [2.45, 2.75) is 10.8 Å². The van der Waals surface area contributed by atoms with E-state index in [1.54, 1.807) is 0 Å². The average molecular weight is 1530 g/mol. The van der Waals surface area contributed by atoms with Gasteiger partial charge in [0.15, 0.2) is 34.9 Å². The number of hydrogen-bond acceptors (Lipinski definition) is 8. The summed E-state index contributed by atoms with van der Waals surface area (Å²) < 4.78 is 18.5. The minimum atomic E-state index is -0.790. The lowest BCUT2D eigenvalue weighted by atomic mass is 9.66. The van der Waals surface area contributed by atoms with E-state index < -0.39 is 10.8 Å². The van der Waals surface area contributed by atoms with Crippen molar-refractivity contribution in [3.05, 3.63) is 445 Å². The Morgan fingerprint density at radius 1 is 0.183 bits per heavy atom. The van der Waals surface area contributed by atoms with E-state index in [0.717, 1.165) is 156 Å². The van der Waals surface area contributed by atoms with Gasteiger partial charge in [-0.2, -0.15) is 0 Å². The van der Waals surface area contributed by atoms with Crippen molar-refractivity contribution in [3.63, 3.8) is 0 Å². The third kappa shape index (κ3) is 9.96. The lowest BCUT2D eigenvalue weighted by Crippen LogP contribution is -2.32. The van der Waals surface area contributed by atoms with E-state index in [9.17, 15) is 0 Å².